The summed E-state index contributed by atoms with van der Waals surface area (Å²) in [6.07, 6.45) is 4.44. The molecule has 1 aromatic carbocycles. The number of benzene rings is 1. The molecule has 1 atom stereocenters. The second-order valence-electron chi connectivity index (χ2n) is 6.59. The zero-order valence-corrected chi connectivity index (χ0v) is 15.2. The van der Waals surface area contributed by atoms with E-state index in [2.05, 4.69) is 55.3 Å². The molecule has 23 heavy (non-hydrogen) atoms. The summed E-state index contributed by atoms with van der Waals surface area (Å²) >= 11 is 0. The van der Waals surface area contributed by atoms with Gasteiger partial charge in [-0.3, -0.25) is 0 Å². The van der Waals surface area contributed by atoms with Gasteiger partial charge in [0.15, 0.2) is 9.84 Å². The van der Waals surface area contributed by atoms with E-state index in [4.69, 9.17) is 0 Å². The Morgan fingerprint density at radius 2 is 2.00 bits per heavy atom. The Labute approximate surface area is 140 Å². The highest BCUT2D eigenvalue weighted by Gasteiger charge is 2.21. The molecule has 0 aromatic heterocycles. The molecule has 1 aliphatic rings. The van der Waals surface area contributed by atoms with E-state index in [1.54, 1.807) is 0 Å². The first-order valence-electron chi connectivity index (χ1n) is 8.31. The summed E-state index contributed by atoms with van der Waals surface area (Å²) in [5.74, 6) is 0.507. The van der Waals surface area contributed by atoms with Crippen molar-refractivity contribution in [3.8, 4) is 0 Å². The molecule has 1 fully saturated rings. The van der Waals surface area contributed by atoms with Crippen molar-refractivity contribution in [2.75, 3.05) is 34.8 Å². The van der Waals surface area contributed by atoms with E-state index in [1.165, 1.54) is 5.57 Å². The third-order valence-corrected chi connectivity index (χ3v) is 5.73. The maximum atomic E-state index is 11.5. The highest BCUT2D eigenvalue weighted by Crippen LogP contribution is 2.22. The molecule has 1 saturated heterocycles. The monoisotopic (exact) mass is 336 g/mol. The highest BCUT2D eigenvalue weighted by molar-refractivity contribution is 7.91. The van der Waals surface area contributed by atoms with Gasteiger partial charge < -0.3 is 10.2 Å². The average Bonchev–Trinajstić information content (AvgIpc) is 2.47. The lowest BCUT2D eigenvalue weighted by molar-refractivity contribution is 0.587. The van der Waals surface area contributed by atoms with Crippen LogP contribution in [0, 0.1) is 0 Å². The molecule has 0 bridgehead atoms. The largest absolute Gasteiger partial charge is 0.383 e. The van der Waals surface area contributed by atoms with Crippen molar-refractivity contribution in [3.63, 3.8) is 0 Å². The first kappa shape index (κ1) is 17.9. The lowest BCUT2D eigenvalue weighted by Crippen LogP contribution is -2.40. The molecule has 1 aromatic rings. The summed E-state index contributed by atoms with van der Waals surface area (Å²) in [7, 11) is -2.83. The van der Waals surface area contributed by atoms with Crippen molar-refractivity contribution in [1.29, 1.82) is 0 Å². The number of nitrogens with zero attached hydrogens (tertiary/aromatic N) is 1. The maximum absolute atomic E-state index is 11.5. The van der Waals surface area contributed by atoms with E-state index in [0.29, 0.717) is 19.1 Å². The molecule has 0 saturated carbocycles. The fourth-order valence-electron chi connectivity index (χ4n) is 2.74. The molecule has 0 unspecified atom stereocenters. The van der Waals surface area contributed by atoms with Gasteiger partial charge in [-0.25, -0.2) is 8.42 Å². The summed E-state index contributed by atoms with van der Waals surface area (Å²) < 4.78 is 23.1. The van der Waals surface area contributed by atoms with Gasteiger partial charge in [-0.15, -0.1) is 0 Å². The molecule has 4 nitrogen and oxygen atoms in total. The zero-order valence-electron chi connectivity index (χ0n) is 14.4. The first-order valence-corrected chi connectivity index (χ1v) is 10.1. The Morgan fingerprint density at radius 1 is 1.30 bits per heavy atom. The van der Waals surface area contributed by atoms with Gasteiger partial charge in [0.05, 0.1) is 11.5 Å². The Kier molecular flexibility index (Phi) is 6.10. The predicted molar refractivity (Wildman–Crippen MR) is 99.1 cm³/mol. The third kappa shape index (κ3) is 5.90. The minimum atomic E-state index is -2.83. The molecule has 0 radical (unpaired) electrons. The average molecular weight is 337 g/mol. The van der Waals surface area contributed by atoms with Crippen LogP contribution in [0.1, 0.15) is 33.6 Å². The number of anilines is 2. The van der Waals surface area contributed by atoms with E-state index in [-0.39, 0.29) is 11.5 Å². The second kappa shape index (κ2) is 7.86. The number of allylic oxidation sites excluding steroid dienone is 2. The van der Waals surface area contributed by atoms with Crippen LogP contribution < -0.4 is 10.2 Å². The maximum Gasteiger partial charge on any atom is 0.153 e. The van der Waals surface area contributed by atoms with Crippen LogP contribution in [0.15, 0.2) is 35.9 Å². The fraction of sp³-hybridized carbons (Fsp3) is 0.556. The summed E-state index contributed by atoms with van der Waals surface area (Å²) in [6.45, 7) is 7.61. The Balaban J connectivity index is 1.93. The molecule has 128 valence electrons. The molecule has 0 spiro atoms. The van der Waals surface area contributed by atoms with Crippen molar-refractivity contribution in [1.82, 2.24) is 0 Å². The molecule has 5 heteroatoms. The highest BCUT2D eigenvalue weighted by atomic mass is 32.2. The van der Waals surface area contributed by atoms with Crippen LogP contribution in [-0.2, 0) is 9.84 Å². The molecule has 1 N–H and O–H groups in total. The minimum absolute atomic E-state index is 0.254. The van der Waals surface area contributed by atoms with Crippen molar-refractivity contribution >= 4 is 21.2 Å². The first-order chi connectivity index (χ1) is 10.9. The molecular weight excluding hydrogens is 308 g/mol. The molecular formula is C18H28N2O2S. The summed E-state index contributed by atoms with van der Waals surface area (Å²) in [5.41, 5.74) is 3.56. The van der Waals surface area contributed by atoms with Crippen molar-refractivity contribution in [2.24, 2.45) is 0 Å². The van der Waals surface area contributed by atoms with E-state index in [0.717, 1.165) is 24.2 Å². The van der Waals surface area contributed by atoms with Crippen LogP contribution in [-0.4, -0.2) is 39.1 Å². The SMILES string of the molecule is CC(C)=CCC[C@@H](C)Nc1cccc(N2CCS(=O)(=O)CC2)c1. The van der Waals surface area contributed by atoms with Gasteiger partial charge in [-0.2, -0.15) is 0 Å². The van der Waals surface area contributed by atoms with Gasteiger partial charge in [-0.05, 0) is 51.8 Å². The fourth-order valence-corrected chi connectivity index (χ4v) is 3.94. The van der Waals surface area contributed by atoms with Gasteiger partial charge in [0.25, 0.3) is 0 Å². The molecule has 0 amide bonds. The van der Waals surface area contributed by atoms with Crippen LogP contribution in [0.5, 0.6) is 0 Å². The lowest BCUT2D eigenvalue weighted by atomic mass is 10.1. The molecule has 2 rings (SSSR count). The zero-order chi connectivity index (χ0) is 16.9. The number of hydrogen-bond acceptors (Lipinski definition) is 4. The smallest absolute Gasteiger partial charge is 0.153 e. The molecule has 0 aliphatic carbocycles. The number of rotatable bonds is 6. The second-order valence-corrected chi connectivity index (χ2v) is 8.90. The van der Waals surface area contributed by atoms with Crippen LogP contribution in [0.3, 0.4) is 0 Å². The van der Waals surface area contributed by atoms with Gasteiger partial charge >= 0.3 is 0 Å². The van der Waals surface area contributed by atoms with Crippen molar-refractivity contribution < 1.29 is 8.42 Å². The van der Waals surface area contributed by atoms with Gasteiger partial charge in [0.1, 0.15) is 0 Å². The van der Waals surface area contributed by atoms with Crippen molar-refractivity contribution in [3.05, 3.63) is 35.9 Å². The third-order valence-electron chi connectivity index (χ3n) is 4.12. The van der Waals surface area contributed by atoms with E-state index >= 15 is 0 Å². The van der Waals surface area contributed by atoms with Gasteiger partial charge in [0.2, 0.25) is 0 Å². The minimum Gasteiger partial charge on any atom is -0.383 e. The van der Waals surface area contributed by atoms with E-state index < -0.39 is 9.84 Å². The van der Waals surface area contributed by atoms with Crippen molar-refractivity contribution in [2.45, 2.75) is 39.7 Å². The predicted octanol–water partition coefficient (Wildman–Crippen LogP) is 3.47. The van der Waals surface area contributed by atoms with Crippen LogP contribution in [0.4, 0.5) is 11.4 Å². The van der Waals surface area contributed by atoms with Crippen LogP contribution in [0.25, 0.3) is 0 Å². The summed E-state index contributed by atoms with van der Waals surface area (Å²) in [4.78, 5) is 2.15. The summed E-state index contributed by atoms with van der Waals surface area (Å²) in [6, 6.07) is 8.68. The quantitative estimate of drug-likeness (QED) is 0.808. The van der Waals surface area contributed by atoms with E-state index in [1.807, 2.05) is 6.07 Å². The number of hydrogen-bond donors (Lipinski definition) is 1. The molecule has 1 heterocycles. The van der Waals surface area contributed by atoms with Crippen LogP contribution >= 0.6 is 0 Å². The van der Waals surface area contributed by atoms with Gasteiger partial charge in [-0.1, -0.05) is 17.7 Å². The summed E-state index contributed by atoms with van der Waals surface area (Å²) in [5, 5.41) is 3.54. The molecule has 1 aliphatic heterocycles. The standard InChI is InChI=1S/C18H28N2O2S/c1-15(2)6-4-7-16(3)19-17-8-5-9-18(14-17)20-10-12-23(21,22)13-11-20/h5-6,8-9,14,16,19H,4,7,10-13H2,1-3H3/t16-/m1/s1. The van der Waals surface area contributed by atoms with Gasteiger partial charge in [0, 0.05) is 30.5 Å². The number of sulfone groups is 1. The topological polar surface area (TPSA) is 49.4 Å². The lowest BCUT2D eigenvalue weighted by Gasteiger charge is -2.29. The van der Waals surface area contributed by atoms with Crippen LogP contribution in [0.2, 0.25) is 0 Å². The Bertz CT molecular complexity index is 635. The Morgan fingerprint density at radius 3 is 2.65 bits per heavy atom. The van der Waals surface area contributed by atoms with E-state index in [9.17, 15) is 8.42 Å². The number of nitrogens with one attached hydrogen (secondary N) is 1. The Hall–Kier alpha value is -1.49. The normalized spacial score (nSPS) is 18.3.